The largest absolute Gasteiger partial charge is 0.472 e. The second kappa shape index (κ2) is 10.3. The van der Waals surface area contributed by atoms with E-state index in [2.05, 4.69) is 29.9 Å². The number of aliphatic hydroxyl groups is 2. The number of imidazole rings is 2. The zero-order chi connectivity index (χ0) is 30.0. The Morgan fingerprint density at radius 2 is 1.93 bits per heavy atom. The van der Waals surface area contributed by atoms with Gasteiger partial charge in [-0.1, -0.05) is 0 Å². The molecule has 19 nitrogen and oxygen atoms in total. The van der Waals surface area contributed by atoms with Crippen molar-refractivity contribution >= 4 is 41.9 Å². The molecule has 8 atom stereocenters. The zero-order valence-electron chi connectivity index (χ0n) is 21.7. The molecule has 0 aromatic carbocycles. The third-order valence-electron chi connectivity index (χ3n) is 7.10. The number of rotatable bonds is 8. The van der Waals surface area contributed by atoms with Crippen molar-refractivity contribution in [1.29, 1.82) is 0 Å². The Labute approximate surface area is 233 Å². The van der Waals surface area contributed by atoms with Crippen molar-refractivity contribution in [2.45, 2.75) is 55.9 Å². The van der Waals surface area contributed by atoms with E-state index < -0.39 is 69.1 Å². The van der Waals surface area contributed by atoms with Crippen LogP contribution in [0.25, 0.3) is 22.3 Å². The lowest BCUT2D eigenvalue weighted by atomic mass is 9.98. The Kier molecular flexibility index (Phi) is 6.97. The van der Waals surface area contributed by atoms with Crippen LogP contribution >= 0.6 is 7.82 Å². The molecule has 226 valence electrons. The van der Waals surface area contributed by atoms with Gasteiger partial charge in [0.15, 0.2) is 40.8 Å². The Morgan fingerprint density at radius 1 is 1.19 bits per heavy atom. The second-order valence-electron chi connectivity index (χ2n) is 9.96. The van der Waals surface area contributed by atoms with Gasteiger partial charge in [-0.25, -0.2) is 28.9 Å². The van der Waals surface area contributed by atoms with E-state index in [1.165, 1.54) is 21.8 Å². The van der Waals surface area contributed by atoms with Crippen LogP contribution in [0.5, 0.6) is 0 Å². The molecular formula is C21H26FN10O9P. The highest BCUT2D eigenvalue weighted by molar-refractivity contribution is 7.47. The normalized spacial score (nSPS) is 31.3. The number of nitrogens with zero attached hydrogens (tertiary/aromatic N) is 7. The molecule has 2 aliphatic rings. The van der Waals surface area contributed by atoms with Crippen LogP contribution in [0.15, 0.2) is 23.8 Å². The van der Waals surface area contributed by atoms with Crippen LogP contribution in [-0.4, -0.2) is 97.4 Å². The number of nitrogens with two attached hydrogens (primary N) is 2. The molecule has 2 fully saturated rings. The van der Waals surface area contributed by atoms with Crippen molar-refractivity contribution in [2.24, 2.45) is 0 Å². The third kappa shape index (κ3) is 4.80. The predicted molar refractivity (Wildman–Crippen MR) is 138 cm³/mol. The smallest absolute Gasteiger partial charge is 0.394 e. The summed E-state index contributed by atoms with van der Waals surface area (Å²) in [5.74, 6) is -0.143. The van der Waals surface area contributed by atoms with Gasteiger partial charge in [0, 0.05) is 6.42 Å². The van der Waals surface area contributed by atoms with E-state index in [1.807, 2.05) is 0 Å². The van der Waals surface area contributed by atoms with Gasteiger partial charge in [0.05, 0.1) is 32.0 Å². The van der Waals surface area contributed by atoms with Crippen molar-refractivity contribution in [1.82, 2.24) is 39.0 Å². The number of phosphoric acid groups is 1. The minimum absolute atomic E-state index is 0.0111. The van der Waals surface area contributed by atoms with Gasteiger partial charge in [-0.3, -0.25) is 28.0 Å². The van der Waals surface area contributed by atoms with Crippen molar-refractivity contribution in [2.75, 3.05) is 24.7 Å². The average molecular weight is 612 g/mol. The van der Waals surface area contributed by atoms with E-state index in [4.69, 9.17) is 30.0 Å². The van der Waals surface area contributed by atoms with E-state index >= 15 is 4.39 Å². The molecular weight excluding hydrogens is 586 g/mol. The van der Waals surface area contributed by atoms with Crippen LogP contribution in [0.1, 0.15) is 25.8 Å². The van der Waals surface area contributed by atoms with E-state index in [-0.39, 0.29) is 40.5 Å². The van der Waals surface area contributed by atoms with Gasteiger partial charge in [0.25, 0.3) is 5.56 Å². The molecule has 4 aromatic rings. The van der Waals surface area contributed by atoms with Crippen LogP contribution in [0, 0.1) is 0 Å². The summed E-state index contributed by atoms with van der Waals surface area (Å²) in [5, 5.41) is 20.3. The highest BCUT2D eigenvalue weighted by Gasteiger charge is 2.56. The van der Waals surface area contributed by atoms with Crippen LogP contribution in [-0.2, 0) is 23.1 Å². The minimum Gasteiger partial charge on any atom is -0.394 e. The van der Waals surface area contributed by atoms with Gasteiger partial charge in [-0.15, -0.1) is 0 Å². The first kappa shape index (κ1) is 28.5. The van der Waals surface area contributed by atoms with Gasteiger partial charge in [0.2, 0.25) is 5.95 Å². The van der Waals surface area contributed by atoms with Crippen LogP contribution in [0.2, 0.25) is 0 Å². The van der Waals surface area contributed by atoms with Gasteiger partial charge in [-0.05, 0) is 6.92 Å². The highest BCUT2D eigenvalue weighted by atomic mass is 31.2. The SMILES string of the molecule is C[C@@]1(F)C(n2cnc3c(N)ncnc32)O[C@H](COP(=O)(O)O[C@@H]2C[C@@H](CO)OC2n2cnc3c(=O)[nH]c(N)nc32)[C@H]1O. The third-order valence-corrected chi connectivity index (χ3v) is 8.11. The molecule has 0 saturated carbocycles. The summed E-state index contributed by atoms with van der Waals surface area (Å²) < 4.78 is 53.1. The van der Waals surface area contributed by atoms with Crippen molar-refractivity contribution in [3.63, 3.8) is 0 Å². The minimum atomic E-state index is -4.92. The molecule has 21 heteroatoms. The maximum absolute atomic E-state index is 15.7. The fraction of sp³-hybridized carbons (Fsp3) is 0.524. The van der Waals surface area contributed by atoms with Crippen LogP contribution in [0.4, 0.5) is 16.2 Å². The number of halogens is 1. The van der Waals surface area contributed by atoms with Gasteiger partial charge >= 0.3 is 7.82 Å². The second-order valence-corrected chi connectivity index (χ2v) is 11.4. The Hall–Kier alpha value is -3.62. The van der Waals surface area contributed by atoms with Crippen LogP contribution < -0.4 is 17.0 Å². The number of aromatic amines is 1. The maximum atomic E-state index is 15.7. The highest BCUT2D eigenvalue weighted by Crippen LogP contribution is 2.51. The summed E-state index contributed by atoms with van der Waals surface area (Å²) in [4.78, 5) is 45.0. The Balaban J connectivity index is 1.18. The van der Waals surface area contributed by atoms with Gasteiger partial charge in [-0.2, -0.15) is 4.98 Å². The standard InChI is InChI=1S/C21H26FN10O9P/c1-21(22)13(34)10(40-19(21)32-7-27-11-14(23)25-5-26-15(11)32)4-38-42(36,37)41-9-2-8(3-33)39-18(9)31-6-28-12-16(31)29-20(24)30-17(12)35/h5-10,13,18-19,33-34H,2-4H2,1H3,(H,36,37)(H2,23,25,26)(H3,24,29,30,35)/t8-,9+,10+,13+,18?,19?,21-/m0/s1. The number of nitrogen functional groups attached to an aromatic ring is 2. The lowest BCUT2D eigenvalue weighted by Crippen LogP contribution is -2.40. The Morgan fingerprint density at radius 3 is 2.69 bits per heavy atom. The van der Waals surface area contributed by atoms with Gasteiger partial charge in [0.1, 0.15) is 30.2 Å². The zero-order valence-corrected chi connectivity index (χ0v) is 22.6. The summed E-state index contributed by atoms with van der Waals surface area (Å²) in [6, 6.07) is 0. The molecule has 42 heavy (non-hydrogen) atoms. The fourth-order valence-electron chi connectivity index (χ4n) is 5.06. The molecule has 3 unspecified atom stereocenters. The maximum Gasteiger partial charge on any atom is 0.472 e. The molecule has 4 aromatic heterocycles. The summed E-state index contributed by atoms with van der Waals surface area (Å²) in [6.07, 6.45) is -4.30. The molecule has 8 N–H and O–H groups in total. The molecule has 0 spiro atoms. The molecule has 0 amide bonds. The first-order valence-electron chi connectivity index (χ1n) is 12.5. The number of alkyl halides is 1. The molecule has 6 rings (SSSR count). The molecule has 0 bridgehead atoms. The fourth-order valence-corrected chi connectivity index (χ4v) is 5.99. The number of fused-ring (bicyclic) bond motifs is 2. The Bertz CT molecular complexity index is 1750. The molecule has 0 radical (unpaired) electrons. The predicted octanol–water partition coefficient (Wildman–Crippen LogP) is -1.11. The number of aromatic nitrogens is 8. The summed E-state index contributed by atoms with van der Waals surface area (Å²) in [5.41, 5.74) is 8.70. The lowest BCUT2D eigenvalue weighted by molar-refractivity contribution is -0.0637. The topological polar surface area (TPSA) is 274 Å². The lowest BCUT2D eigenvalue weighted by Gasteiger charge is -2.24. The van der Waals surface area contributed by atoms with Crippen molar-refractivity contribution in [3.8, 4) is 0 Å². The van der Waals surface area contributed by atoms with E-state index in [0.29, 0.717) is 0 Å². The van der Waals surface area contributed by atoms with E-state index in [0.717, 1.165) is 13.3 Å². The number of anilines is 2. The van der Waals surface area contributed by atoms with E-state index in [1.54, 1.807) is 0 Å². The molecule has 6 heterocycles. The number of aliphatic hydroxyl groups excluding tert-OH is 2. The summed E-state index contributed by atoms with van der Waals surface area (Å²) in [6.45, 7) is -0.115. The monoisotopic (exact) mass is 612 g/mol. The number of ether oxygens (including phenoxy) is 2. The van der Waals surface area contributed by atoms with E-state index in [9.17, 15) is 24.5 Å². The van der Waals surface area contributed by atoms with Crippen molar-refractivity contribution < 1.29 is 42.6 Å². The first-order chi connectivity index (χ1) is 19.9. The first-order valence-corrected chi connectivity index (χ1v) is 14.0. The average Bonchev–Trinajstić information content (AvgIpc) is 3.68. The molecule has 0 aliphatic carbocycles. The van der Waals surface area contributed by atoms with Crippen molar-refractivity contribution in [3.05, 3.63) is 29.3 Å². The quantitative estimate of drug-likeness (QED) is 0.129. The number of H-pyrrole nitrogens is 1. The summed E-state index contributed by atoms with van der Waals surface area (Å²) in [7, 11) is -4.92. The summed E-state index contributed by atoms with van der Waals surface area (Å²) >= 11 is 0. The molecule has 2 saturated heterocycles. The number of phosphoric ester groups is 1. The number of hydrogen-bond donors (Lipinski definition) is 6. The number of nitrogens with one attached hydrogen (secondary N) is 1. The molecule has 2 aliphatic heterocycles. The number of hydrogen-bond acceptors (Lipinski definition) is 15. The van der Waals surface area contributed by atoms with Crippen LogP contribution in [0.3, 0.4) is 0 Å². The van der Waals surface area contributed by atoms with Gasteiger partial charge < -0.3 is 36.0 Å².